The first kappa shape index (κ1) is 30.9. The predicted molar refractivity (Wildman–Crippen MR) is 162 cm³/mol. The van der Waals surface area contributed by atoms with Gasteiger partial charge in [0, 0.05) is 46.8 Å². The van der Waals surface area contributed by atoms with Crippen LogP contribution in [0.2, 0.25) is 0 Å². The van der Waals surface area contributed by atoms with Gasteiger partial charge in [-0.15, -0.1) is 0 Å². The van der Waals surface area contributed by atoms with E-state index in [1.165, 1.54) is 30.5 Å². The van der Waals surface area contributed by atoms with Crippen LogP contribution in [0.3, 0.4) is 0 Å². The minimum atomic E-state index is -4.92. The summed E-state index contributed by atoms with van der Waals surface area (Å²) in [5.41, 5.74) is -0.955. The largest absolute Gasteiger partial charge is 0.417 e. The summed E-state index contributed by atoms with van der Waals surface area (Å²) in [6, 6.07) is 14.2. The third-order valence-electron chi connectivity index (χ3n) is 6.68. The number of anilines is 3. The Labute approximate surface area is 253 Å². The van der Waals surface area contributed by atoms with E-state index < -0.39 is 35.1 Å². The highest BCUT2D eigenvalue weighted by Gasteiger charge is 2.35. The molecule has 232 valence electrons. The molecule has 0 aliphatic heterocycles. The molecule has 45 heavy (non-hydrogen) atoms. The monoisotopic (exact) mass is 622 g/mol. The second kappa shape index (κ2) is 12.6. The van der Waals surface area contributed by atoms with Gasteiger partial charge in [0.05, 0.1) is 16.8 Å². The summed E-state index contributed by atoms with van der Waals surface area (Å²) >= 11 is 0. The maximum absolute atomic E-state index is 13.4. The van der Waals surface area contributed by atoms with Crippen LogP contribution in [0.15, 0.2) is 77.7 Å². The lowest BCUT2D eigenvalue weighted by Gasteiger charge is -2.14. The zero-order chi connectivity index (χ0) is 32.3. The molecular weight excluding hydrogens is 596 g/mol. The van der Waals surface area contributed by atoms with Crippen LogP contribution < -0.4 is 26.2 Å². The highest BCUT2D eigenvalue weighted by atomic mass is 19.4. The number of fused-ring (bicyclic) bond motifs is 3. The van der Waals surface area contributed by atoms with Gasteiger partial charge in [-0.1, -0.05) is 0 Å². The Balaban J connectivity index is 1.39. The van der Waals surface area contributed by atoms with Gasteiger partial charge in [0.2, 0.25) is 0 Å². The molecule has 2 heterocycles. The Morgan fingerprint density at radius 3 is 2.40 bits per heavy atom. The summed E-state index contributed by atoms with van der Waals surface area (Å²) in [4.78, 5) is 46.6. The molecule has 0 atom stereocenters. The molecule has 5 aromatic rings. The van der Waals surface area contributed by atoms with E-state index in [1.807, 2.05) is 19.0 Å². The van der Waals surface area contributed by atoms with Crippen LogP contribution in [-0.4, -0.2) is 54.1 Å². The van der Waals surface area contributed by atoms with Crippen LogP contribution in [0.25, 0.3) is 21.8 Å². The standard InChI is InChI=1S/C31H26F4N6O4/c1-41(2)14-13-37-30(44)45-20-8-10-21-23(16-20)26-25(11-12-36-27(26)40-28(21)42)38-18-4-6-19(7-5-18)39-29(43)22-9-3-17(32)15-24(22)31(33,34)35/h3-12,15-16H,13-14H2,1-2H3,(H,37,44)(H,39,43)(H2,36,38,40,42). The fourth-order valence-electron chi connectivity index (χ4n) is 4.56. The van der Waals surface area contributed by atoms with Crippen molar-refractivity contribution in [3.8, 4) is 5.75 Å². The number of nitrogens with zero attached hydrogens (tertiary/aromatic N) is 2. The van der Waals surface area contributed by atoms with Crippen molar-refractivity contribution in [2.75, 3.05) is 37.8 Å². The van der Waals surface area contributed by atoms with Crippen LogP contribution in [0.1, 0.15) is 15.9 Å². The Morgan fingerprint density at radius 2 is 1.69 bits per heavy atom. The zero-order valence-electron chi connectivity index (χ0n) is 23.9. The molecule has 0 bridgehead atoms. The molecular formula is C31H26F4N6O4. The number of pyridine rings is 2. The van der Waals surface area contributed by atoms with Crippen LogP contribution in [0, 0.1) is 5.82 Å². The molecule has 0 fully saturated rings. The van der Waals surface area contributed by atoms with E-state index in [-0.39, 0.29) is 28.7 Å². The number of rotatable bonds is 8. The first-order chi connectivity index (χ1) is 21.4. The average Bonchev–Trinajstić information content (AvgIpc) is 2.97. The molecule has 14 heteroatoms. The molecule has 0 spiro atoms. The maximum Gasteiger partial charge on any atom is 0.417 e. The van der Waals surface area contributed by atoms with Gasteiger partial charge in [0.1, 0.15) is 17.2 Å². The van der Waals surface area contributed by atoms with Crippen molar-refractivity contribution in [1.82, 2.24) is 20.2 Å². The fourth-order valence-corrected chi connectivity index (χ4v) is 4.56. The topological polar surface area (TPSA) is 128 Å². The number of H-pyrrole nitrogens is 1. The quantitative estimate of drug-likeness (QED) is 0.126. The highest BCUT2D eigenvalue weighted by molar-refractivity contribution is 6.11. The van der Waals surface area contributed by atoms with Gasteiger partial charge >= 0.3 is 12.3 Å². The molecule has 0 unspecified atom stereocenters. The van der Waals surface area contributed by atoms with Crippen LogP contribution in [0.5, 0.6) is 5.75 Å². The van der Waals surface area contributed by atoms with E-state index >= 15 is 0 Å². The number of halogens is 4. The second-order valence-electron chi connectivity index (χ2n) is 10.2. The van der Waals surface area contributed by atoms with Crippen LogP contribution in [0.4, 0.5) is 39.4 Å². The fraction of sp³-hybridized carbons (Fsp3) is 0.161. The number of ether oxygens (including phenoxy) is 1. The molecule has 0 aliphatic rings. The molecule has 0 saturated heterocycles. The number of benzene rings is 3. The lowest BCUT2D eigenvalue weighted by molar-refractivity contribution is -0.138. The number of amides is 2. The van der Waals surface area contributed by atoms with Crippen molar-refractivity contribution in [2.45, 2.75) is 6.18 Å². The Hall–Kier alpha value is -5.50. The Kier molecular flexibility index (Phi) is 8.68. The van der Waals surface area contributed by atoms with Crippen molar-refractivity contribution >= 4 is 50.9 Å². The molecule has 2 aromatic heterocycles. The summed E-state index contributed by atoms with van der Waals surface area (Å²) in [6.45, 7) is 0.997. The van der Waals surface area contributed by atoms with Gasteiger partial charge in [0.15, 0.2) is 0 Å². The highest BCUT2D eigenvalue weighted by Crippen LogP contribution is 2.34. The van der Waals surface area contributed by atoms with Gasteiger partial charge in [0.25, 0.3) is 11.5 Å². The third-order valence-corrected chi connectivity index (χ3v) is 6.68. The van der Waals surface area contributed by atoms with Gasteiger partial charge in [-0.25, -0.2) is 14.2 Å². The summed E-state index contributed by atoms with van der Waals surface area (Å²) < 4.78 is 58.9. The summed E-state index contributed by atoms with van der Waals surface area (Å²) in [5, 5.41) is 9.58. The molecule has 2 amide bonds. The number of aromatic nitrogens is 2. The number of carbonyl (C=O) groups excluding carboxylic acids is 2. The van der Waals surface area contributed by atoms with E-state index in [1.54, 1.807) is 24.3 Å². The number of aromatic amines is 1. The summed E-state index contributed by atoms with van der Waals surface area (Å²) in [5.74, 6) is -1.95. The number of nitrogens with one attached hydrogen (secondary N) is 4. The molecule has 0 aliphatic carbocycles. The van der Waals surface area contributed by atoms with E-state index in [4.69, 9.17) is 4.74 Å². The van der Waals surface area contributed by atoms with Crippen molar-refractivity contribution in [3.63, 3.8) is 0 Å². The predicted octanol–water partition coefficient (Wildman–Crippen LogP) is 5.88. The number of hydrogen-bond acceptors (Lipinski definition) is 7. The lowest BCUT2D eigenvalue weighted by atomic mass is 10.1. The summed E-state index contributed by atoms with van der Waals surface area (Å²) in [6.07, 6.45) is -4.08. The van der Waals surface area contributed by atoms with Crippen molar-refractivity contribution in [2.24, 2.45) is 0 Å². The van der Waals surface area contributed by atoms with Crippen molar-refractivity contribution < 1.29 is 31.9 Å². The second-order valence-corrected chi connectivity index (χ2v) is 10.2. The normalized spacial score (nSPS) is 11.5. The molecule has 0 saturated carbocycles. The zero-order valence-corrected chi connectivity index (χ0v) is 23.9. The molecule has 0 radical (unpaired) electrons. The van der Waals surface area contributed by atoms with Crippen molar-refractivity contribution in [3.05, 3.63) is 100 Å². The van der Waals surface area contributed by atoms with Crippen LogP contribution in [-0.2, 0) is 6.18 Å². The molecule has 4 N–H and O–H groups in total. The van der Waals surface area contributed by atoms with Crippen molar-refractivity contribution in [1.29, 1.82) is 0 Å². The molecule has 10 nitrogen and oxygen atoms in total. The number of likely N-dealkylation sites (N-methyl/N-ethyl adjacent to an activating group) is 1. The minimum Gasteiger partial charge on any atom is -0.410 e. The Morgan fingerprint density at radius 1 is 0.956 bits per heavy atom. The van der Waals surface area contributed by atoms with E-state index in [0.29, 0.717) is 40.6 Å². The maximum atomic E-state index is 13.4. The first-order valence-corrected chi connectivity index (χ1v) is 13.5. The van der Waals surface area contributed by atoms with Gasteiger partial charge in [-0.3, -0.25) is 9.59 Å². The van der Waals surface area contributed by atoms with E-state index in [0.717, 1.165) is 12.1 Å². The van der Waals surface area contributed by atoms with E-state index in [9.17, 15) is 31.9 Å². The lowest BCUT2D eigenvalue weighted by Crippen LogP contribution is -2.33. The van der Waals surface area contributed by atoms with Crippen LogP contribution >= 0.6 is 0 Å². The smallest absolute Gasteiger partial charge is 0.410 e. The van der Waals surface area contributed by atoms with Gasteiger partial charge < -0.3 is 30.6 Å². The third kappa shape index (κ3) is 7.18. The first-order valence-electron chi connectivity index (χ1n) is 13.5. The number of alkyl halides is 3. The Bertz CT molecular complexity index is 1960. The molecule has 5 rings (SSSR count). The SMILES string of the molecule is CN(C)CCNC(=O)Oc1ccc2c(=O)[nH]c3nccc(Nc4ccc(NC(=O)c5ccc(F)cc5C(F)(F)F)cc4)c3c2c1. The minimum absolute atomic E-state index is 0.197. The number of hydrogen-bond donors (Lipinski definition) is 4. The average molecular weight is 623 g/mol. The molecule has 3 aromatic carbocycles. The van der Waals surface area contributed by atoms with E-state index in [2.05, 4.69) is 25.9 Å². The number of carbonyl (C=O) groups is 2. The summed E-state index contributed by atoms with van der Waals surface area (Å²) in [7, 11) is 3.74. The van der Waals surface area contributed by atoms with Gasteiger partial charge in [-0.05, 0) is 80.8 Å². The van der Waals surface area contributed by atoms with Gasteiger partial charge in [-0.2, -0.15) is 13.2 Å².